The summed E-state index contributed by atoms with van der Waals surface area (Å²) in [6.07, 6.45) is 4.16. The van der Waals surface area contributed by atoms with Gasteiger partial charge in [0.05, 0.1) is 60.5 Å². The highest BCUT2D eigenvalue weighted by Gasteiger charge is 2.42. The Morgan fingerprint density at radius 1 is 0.577 bits per heavy atom. The number of H-pyrrole nitrogens is 2. The molecular weight excluding hydrogens is 925 g/mol. The molecule has 4 saturated heterocycles. The normalized spacial score (nSPS) is 21.5. The Balaban J connectivity index is 1.07. The number of alkyl carbamates (subject to hydrolysis) is 2. The fourth-order valence-corrected chi connectivity index (χ4v) is 11.2. The van der Waals surface area contributed by atoms with Crippen molar-refractivity contribution < 1.29 is 46.2 Å². The van der Waals surface area contributed by atoms with Gasteiger partial charge in [0.25, 0.3) is 0 Å². The Bertz CT molecular complexity index is 2660. The number of hydrogen-bond acceptors (Lipinski definition) is 10. The van der Waals surface area contributed by atoms with Crippen molar-refractivity contribution in [3.63, 3.8) is 0 Å². The number of ether oxygens (including phenoxy) is 2. The number of imidazole rings is 2. The number of carbonyl (C=O) groups excluding carboxylic acids is 4. The van der Waals surface area contributed by atoms with Gasteiger partial charge in [0, 0.05) is 49.1 Å². The number of nitrogens with one attached hydrogen (secondary N) is 4. The van der Waals surface area contributed by atoms with Gasteiger partial charge in [0.15, 0.2) is 11.6 Å². The Kier molecular flexibility index (Phi) is 14.1. The van der Waals surface area contributed by atoms with Crippen molar-refractivity contribution in [3.8, 4) is 0 Å². The third-order valence-corrected chi connectivity index (χ3v) is 14.8. The Morgan fingerprint density at radius 3 is 1.54 bits per heavy atom. The van der Waals surface area contributed by atoms with Crippen molar-refractivity contribution in [1.82, 2.24) is 40.4 Å². The molecule has 16 nitrogen and oxygen atoms in total. The minimum atomic E-state index is -0.851. The van der Waals surface area contributed by atoms with Gasteiger partial charge in [-0.1, -0.05) is 27.7 Å². The minimum absolute atomic E-state index is 0.112. The lowest BCUT2D eigenvalue weighted by atomic mass is 10.0. The summed E-state index contributed by atoms with van der Waals surface area (Å²) in [6, 6.07) is 4.04. The van der Waals surface area contributed by atoms with Gasteiger partial charge in [0.2, 0.25) is 11.8 Å². The topological polar surface area (TPSA) is 181 Å². The molecule has 71 heavy (non-hydrogen) atoms. The lowest BCUT2D eigenvalue weighted by Gasteiger charge is -2.35. The zero-order valence-corrected chi connectivity index (χ0v) is 40.9. The van der Waals surface area contributed by atoms with Crippen LogP contribution in [0.3, 0.4) is 0 Å². The molecule has 4 N–H and O–H groups in total. The summed E-state index contributed by atoms with van der Waals surface area (Å²) < 4.78 is 76.0. The third-order valence-electron chi connectivity index (χ3n) is 14.8. The van der Waals surface area contributed by atoms with E-state index in [0.29, 0.717) is 85.6 Å². The van der Waals surface area contributed by atoms with Crippen molar-refractivity contribution in [1.29, 1.82) is 0 Å². The molecule has 4 amide bonds. The van der Waals surface area contributed by atoms with Gasteiger partial charge < -0.3 is 49.7 Å². The van der Waals surface area contributed by atoms with E-state index in [2.05, 4.69) is 20.6 Å². The largest absolute Gasteiger partial charge is 0.453 e. The second-order valence-electron chi connectivity index (χ2n) is 19.9. The average Bonchev–Trinajstić information content (AvgIpc) is 4.21. The molecule has 5 aromatic rings. The molecule has 380 valence electrons. The second kappa shape index (κ2) is 20.3. The number of carbonyl (C=O) groups is 4. The molecule has 6 atom stereocenters. The summed E-state index contributed by atoms with van der Waals surface area (Å²) in [4.78, 5) is 75.1. The first-order chi connectivity index (χ1) is 34.1. The highest BCUT2D eigenvalue weighted by Crippen LogP contribution is 2.50. The molecule has 0 spiro atoms. The van der Waals surface area contributed by atoms with Crippen molar-refractivity contribution in [2.24, 2.45) is 11.8 Å². The second-order valence-corrected chi connectivity index (χ2v) is 19.9. The maximum atomic E-state index is 16.8. The van der Waals surface area contributed by atoms with Gasteiger partial charge in [0.1, 0.15) is 41.1 Å². The fourth-order valence-electron chi connectivity index (χ4n) is 11.2. The number of aromatic amines is 2. The maximum absolute atomic E-state index is 16.8. The average molecular weight is 987 g/mol. The van der Waals surface area contributed by atoms with Crippen LogP contribution >= 0.6 is 0 Å². The molecule has 4 fully saturated rings. The SMILES string of the molecule is COC(=O)NC(C(=O)N1CCC[C@H]1c1nc2cc(F)c([C@H]3CC[C@H](c4cc5nc([C@@H]6CCCN6C(=O)[C@@H](NC(=O)OC)C(C)C)[nH]c5cc4F)N3c3cc(F)c(N4CCCCC4)c(F)c3)cc2[nH]1)C(C)C. The van der Waals surface area contributed by atoms with E-state index in [9.17, 15) is 19.2 Å². The fraction of sp³-hybridized carbons (Fsp3) is 0.529. The summed E-state index contributed by atoms with van der Waals surface area (Å²) in [5.41, 5.74) is 1.95. The van der Waals surface area contributed by atoms with Crippen molar-refractivity contribution >= 4 is 57.4 Å². The predicted octanol–water partition coefficient (Wildman–Crippen LogP) is 9.16. The number of rotatable bonds is 12. The predicted molar refractivity (Wildman–Crippen MR) is 257 cm³/mol. The van der Waals surface area contributed by atoms with Crippen LogP contribution in [0.2, 0.25) is 0 Å². The van der Waals surface area contributed by atoms with Crippen LogP contribution < -0.4 is 20.4 Å². The van der Waals surface area contributed by atoms with Crippen molar-refractivity contribution in [3.05, 3.63) is 82.4 Å². The zero-order chi connectivity index (χ0) is 50.4. The van der Waals surface area contributed by atoms with Gasteiger partial charge in [-0.05, 0) is 100.0 Å². The van der Waals surface area contributed by atoms with Crippen LogP contribution in [0, 0.1) is 35.1 Å². The van der Waals surface area contributed by atoms with E-state index in [4.69, 9.17) is 19.4 Å². The van der Waals surface area contributed by atoms with Gasteiger partial charge >= 0.3 is 12.2 Å². The number of fused-ring (bicyclic) bond motifs is 2. The van der Waals surface area contributed by atoms with Crippen LogP contribution in [0.5, 0.6) is 0 Å². The van der Waals surface area contributed by atoms with Crippen LogP contribution in [-0.4, -0.2) is 106 Å². The lowest BCUT2D eigenvalue weighted by Crippen LogP contribution is -2.51. The molecule has 4 aliphatic heterocycles. The van der Waals surface area contributed by atoms with Crippen molar-refractivity contribution in [2.75, 3.05) is 50.2 Å². The number of benzene rings is 3. The molecule has 0 aliphatic carbocycles. The van der Waals surface area contributed by atoms with Crippen LogP contribution in [0.25, 0.3) is 22.1 Å². The summed E-state index contributed by atoms with van der Waals surface area (Å²) >= 11 is 0. The number of hydrogen-bond donors (Lipinski definition) is 4. The highest BCUT2D eigenvalue weighted by atomic mass is 19.1. The number of piperidine rings is 1. The van der Waals surface area contributed by atoms with E-state index in [1.54, 1.807) is 31.7 Å². The molecule has 6 heterocycles. The number of anilines is 2. The molecule has 20 heteroatoms. The molecule has 1 unspecified atom stereocenters. The van der Waals surface area contributed by atoms with E-state index in [0.717, 1.165) is 19.3 Å². The molecule has 9 rings (SSSR count). The van der Waals surface area contributed by atoms with E-state index < -0.39 is 71.7 Å². The minimum Gasteiger partial charge on any atom is -0.453 e. The number of likely N-dealkylation sites (tertiary alicyclic amines) is 2. The molecule has 4 aliphatic rings. The monoisotopic (exact) mass is 986 g/mol. The van der Waals surface area contributed by atoms with E-state index in [1.165, 1.54) is 38.5 Å². The quantitative estimate of drug-likeness (QED) is 0.0881. The molecule has 0 saturated carbocycles. The zero-order valence-electron chi connectivity index (χ0n) is 40.9. The van der Waals surface area contributed by atoms with Crippen LogP contribution in [0.1, 0.15) is 132 Å². The summed E-state index contributed by atoms with van der Waals surface area (Å²) in [5.74, 6) is -2.98. The van der Waals surface area contributed by atoms with Crippen LogP contribution in [0.15, 0.2) is 36.4 Å². The van der Waals surface area contributed by atoms with E-state index in [-0.39, 0.29) is 59.0 Å². The van der Waals surface area contributed by atoms with Gasteiger partial charge in [-0.2, -0.15) is 0 Å². The number of aromatic nitrogens is 4. The first kappa shape index (κ1) is 49.4. The molecule has 3 aromatic carbocycles. The number of amides is 4. The lowest BCUT2D eigenvalue weighted by molar-refractivity contribution is -0.136. The Hall–Kier alpha value is -6.60. The maximum Gasteiger partial charge on any atom is 0.407 e. The Labute approximate surface area is 409 Å². The first-order valence-corrected chi connectivity index (χ1v) is 24.8. The van der Waals surface area contributed by atoms with E-state index in [1.807, 2.05) is 27.7 Å². The van der Waals surface area contributed by atoms with Gasteiger partial charge in [-0.25, -0.2) is 37.1 Å². The molecule has 0 radical (unpaired) electrons. The number of halogens is 4. The summed E-state index contributed by atoms with van der Waals surface area (Å²) in [6.45, 7) is 9.14. The summed E-state index contributed by atoms with van der Waals surface area (Å²) in [5, 5.41) is 5.30. The molecule has 0 bridgehead atoms. The highest BCUT2D eigenvalue weighted by molar-refractivity contribution is 5.88. The number of nitrogens with zero attached hydrogens (tertiary/aromatic N) is 6. The third kappa shape index (κ3) is 9.53. The first-order valence-electron chi connectivity index (χ1n) is 24.8. The van der Waals surface area contributed by atoms with Crippen LogP contribution in [-0.2, 0) is 19.1 Å². The van der Waals surface area contributed by atoms with E-state index >= 15 is 17.6 Å². The van der Waals surface area contributed by atoms with Gasteiger partial charge in [-0.15, -0.1) is 0 Å². The standard InChI is InChI=1S/C51H62F4N10O6/c1-26(2)43(60-50(68)70-5)48(66)63-18-10-12-41(63)46-56-35-22-29(31(52)24-37(35)58-46)39-14-15-40(65(39)28-20-33(54)45(34(55)21-28)62-16-8-7-9-17-62)30-23-36-38(25-32(30)53)59-47(57-36)42-13-11-19-64(42)49(67)44(27(3)4)61-51(69)71-6/h20-27,39-44H,7-19H2,1-6H3,(H,56,58)(H,57,59)(H,60,68)(H,61,69)/t39-,40-,41+,42+,43+,44?/m1/s1. The Morgan fingerprint density at radius 2 is 1.04 bits per heavy atom. The van der Waals surface area contributed by atoms with Crippen LogP contribution in [0.4, 0.5) is 38.5 Å². The van der Waals surface area contributed by atoms with Crippen molar-refractivity contribution in [2.45, 2.75) is 122 Å². The van der Waals surface area contributed by atoms with Gasteiger partial charge in [-0.3, -0.25) is 9.59 Å². The summed E-state index contributed by atoms with van der Waals surface area (Å²) in [7, 11) is 2.46. The number of methoxy groups -OCH3 is 2. The smallest absolute Gasteiger partial charge is 0.407 e. The molecular formula is C51H62F4N10O6. The molecule has 2 aromatic heterocycles.